The molecule has 6 heteroatoms. The minimum absolute atomic E-state index is 0.106. The second kappa shape index (κ2) is 5.24. The molecule has 0 spiro atoms. The van der Waals surface area contributed by atoms with Gasteiger partial charge in [0.2, 0.25) is 5.95 Å². The summed E-state index contributed by atoms with van der Waals surface area (Å²) < 4.78 is 6.37. The van der Waals surface area contributed by atoms with E-state index >= 15 is 0 Å². The van der Waals surface area contributed by atoms with Crippen molar-refractivity contribution >= 4 is 28.5 Å². The maximum atomic E-state index is 5.84. The molecule has 0 unspecified atom stereocenters. The lowest BCUT2D eigenvalue weighted by molar-refractivity contribution is 0.0625. The van der Waals surface area contributed by atoms with Crippen molar-refractivity contribution in [1.82, 2.24) is 9.97 Å². The molecule has 0 bridgehead atoms. The van der Waals surface area contributed by atoms with Gasteiger partial charge in [0.25, 0.3) is 0 Å². The Hall–Kier alpha value is -0.470. The number of rotatable bonds is 3. The second-order valence-electron chi connectivity index (χ2n) is 3.95. The van der Waals surface area contributed by atoms with Crippen LogP contribution in [0.4, 0.5) is 5.95 Å². The second-order valence-corrected chi connectivity index (χ2v) is 5.19. The van der Waals surface area contributed by atoms with Crippen LogP contribution in [0, 0.1) is 3.57 Å². The summed E-state index contributed by atoms with van der Waals surface area (Å²) >= 11 is 2.18. The zero-order chi connectivity index (χ0) is 11.4. The first-order valence-electron chi connectivity index (χ1n) is 5.28. The van der Waals surface area contributed by atoms with Crippen LogP contribution in [0.3, 0.4) is 0 Å². The molecule has 0 saturated carbocycles. The summed E-state index contributed by atoms with van der Waals surface area (Å²) in [4.78, 5) is 8.48. The van der Waals surface area contributed by atoms with Gasteiger partial charge in [-0.15, -0.1) is 0 Å². The summed E-state index contributed by atoms with van der Waals surface area (Å²) in [7, 11) is 0. The number of hydrogen-bond donors (Lipinski definition) is 2. The standard InChI is InChI=1S/C10H15IN4O/c11-8-5-13-9(14-6-8)15-10(7-12)1-3-16-4-2-10/h5-6H,1-4,7,12H2,(H,13,14,15). The van der Waals surface area contributed by atoms with E-state index in [1.807, 2.05) is 0 Å². The van der Waals surface area contributed by atoms with E-state index in [0.29, 0.717) is 12.5 Å². The van der Waals surface area contributed by atoms with Crippen molar-refractivity contribution in [1.29, 1.82) is 0 Å². The molecule has 2 heterocycles. The fourth-order valence-corrected chi connectivity index (χ4v) is 2.03. The van der Waals surface area contributed by atoms with E-state index in [0.717, 1.165) is 29.6 Å². The molecule has 1 aromatic rings. The molecule has 0 aliphatic carbocycles. The van der Waals surface area contributed by atoms with Crippen LogP contribution in [0.5, 0.6) is 0 Å². The van der Waals surface area contributed by atoms with Crippen molar-refractivity contribution in [3.05, 3.63) is 16.0 Å². The molecule has 1 aromatic heterocycles. The van der Waals surface area contributed by atoms with Crippen molar-refractivity contribution in [3.63, 3.8) is 0 Å². The Morgan fingerprint density at radius 3 is 2.56 bits per heavy atom. The fraction of sp³-hybridized carbons (Fsp3) is 0.600. The molecule has 1 aliphatic heterocycles. The van der Waals surface area contributed by atoms with Crippen molar-refractivity contribution in [2.24, 2.45) is 5.73 Å². The predicted molar refractivity (Wildman–Crippen MR) is 70.2 cm³/mol. The van der Waals surface area contributed by atoms with E-state index in [2.05, 4.69) is 37.9 Å². The first kappa shape index (κ1) is 12.0. The number of hydrogen-bond acceptors (Lipinski definition) is 5. The van der Waals surface area contributed by atoms with Crippen LogP contribution in [-0.2, 0) is 4.74 Å². The van der Waals surface area contributed by atoms with Crippen LogP contribution in [0.25, 0.3) is 0 Å². The molecular weight excluding hydrogens is 319 g/mol. The molecule has 5 nitrogen and oxygen atoms in total. The maximum Gasteiger partial charge on any atom is 0.223 e. The zero-order valence-corrected chi connectivity index (χ0v) is 11.1. The van der Waals surface area contributed by atoms with Gasteiger partial charge in [0.1, 0.15) is 0 Å². The Balaban J connectivity index is 2.08. The summed E-state index contributed by atoms with van der Waals surface area (Å²) in [5.74, 6) is 0.646. The van der Waals surface area contributed by atoms with E-state index in [9.17, 15) is 0 Å². The van der Waals surface area contributed by atoms with Crippen molar-refractivity contribution in [2.45, 2.75) is 18.4 Å². The zero-order valence-electron chi connectivity index (χ0n) is 8.95. The smallest absolute Gasteiger partial charge is 0.223 e. The third-order valence-corrected chi connectivity index (χ3v) is 3.40. The highest BCUT2D eigenvalue weighted by Crippen LogP contribution is 2.23. The summed E-state index contributed by atoms with van der Waals surface area (Å²) in [6, 6.07) is 0. The molecule has 16 heavy (non-hydrogen) atoms. The van der Waals surface area contributed by atoms with Crippen LogP contribution >= 0.6 is 22.6 Å². The molecule has 2 rings (SSSR count). The Bertz CT molecular complexity index is 337. The third kappa shape index (κ3) is 2.80. The van der Waals surface area contributed by atoms with Gasteiger partial charge in [0, 0.05) is 35.7 Å². The van der Waals surface area contributed by atoms with Crippen LogP contribution in [0.2, 0.25) is 0 Å². The molecule has 1 saturated heterocycles. The quantitative estimate of drug-likeness (QED) is 0.807. The van der Waals surface area contributed by atoms with Gasteiger partial charge in [-0.2, -0.15) is 0 Å². The summed E-state index contributed by atoms with van der Waals surface area (Å²) in [6.07, 6.45) is 5.39. The predicted octanol–water partition coefficient (Wildman–Crippen LogP) is 1.00. The normalized spacial score (nSPS) is 19.4. The van der Waals surface area contributed by atoms with E-state index in [-0.39, 0.29) is 5.54 Å². The first-order valence-corrected chi connectivity index (χ1v) is 6.35. The van der Waals surface area contributed by atoms with E-state index in [4.69, 9.17) is 10.5 Å². The van der Waals surface area contributed by atoms with Crippen LogP contribution < -0.4 is 11.1 Å². The monoisotopic (exact) mass is 334 g/mol. The number of ether oxygens (including phenoxy) is 1. The SMILES string of the molecule is NCC1(Nc2ncc(I)cn2)CCOCC1. The number of anilines is 1. The number of aromatic nitrogens is 2. The topological polar surface area (TPSA) is 73.1 Å². The molecule has 0 radical (unpaired) electrons. The lowest BCUT2D eigenvalue weighted by atomic mass is 9.90. The van der Waals surface area contributed by atoms with Gasteiger partial charge in [-0.1, -0.05) is 0 Å². The number of nitrogens with zero attached hydrogens (tertiary/aromatic N) is 2. The van der Waals surface area contributed by atoms with Crippen LogP contribution in [-0.4, -0.2) is 35.3 Å². The van der Waals surface area contributed by atoms with E-state index < -0.39 is 0 Å². The lowest BCUT2D eigenvalue weighted by Gasteiger charge is -2.36. The first-order chi connectivity index (χ1) is 7.74. The lowest BCUT2D eigenvalue weighted by Crippen LogP contribution is -2.50. The minimum atomic E-state index is -0.106. The van der Waals surface area contributed by atoms with Gasteiger partial charge >= 0.3 is 0 Å². The molecule has 0 amide bonds. The van der Waals surface area contributed by atoms with Gasteiger partial charge in [0.15, 0.2) is 0 Å². The molecule has 0 atom stereocenters. The average Bonchev–Trinajstić information content (AvgIpc) is 2.33. The van der Waals surface area contributed by atoms with Gasteiger partial charge < -0.3 is 15.8 Å². The average molecular weight is 334 g/mol. The van der Waals surface area contributed by atoms with Gasteiger partial charge in [0.05, 0.1) is 5.54 Å². The van der Waals surface area contributed by atoms with Crippen LogP contribution in [0.1, 0.15) is 12.8 Å². The highest BCUT2D eigenvalue weighted by molar-refractivity contribution is 14.1. The van der Waals surface area contributed by atoms with Gasteiger partial charge in [-0.05, 0) is 35.4 Å². The van der Waals surface area contributed by atoms with Gasteiger partial charge in [-0.3, -0.25) is 0 Å². The Kier molecular flexibility index (Phi) is 3.93. The summed E-state index contributed by atoms with van der Waals surface area (Å²) in [5.41, 5.74) is 5.73. The highest BCUT2D eigenvalue weighted by Gasteiger charge is 2.31. The van der Waals surface area contributed by atoms with E-state index in [1.165, 1.54) is 0 Å². The van der Waals surface area contributed by atoms with Crippen molar-refractivity contribution < 1.29 is 4.74 Å². The third-order valence-electron chi connectivity index (χ3n) is 2.84. The molecular formula is C10H15IN4O. The maximum absolute atomic E-state index is 5.84. The molecule has 1 fully saturated rings. The van der Waals surface area contributed by atoms with Crippen LogP contribution in [0.15, 0.2) is 12.4 Å². The molecule has 0 aromatic carbocycles. The summed E-state index contributed by atoms with van der Waals surface area (Å²) in [6.45, 7) is 2.06. The number of nitrogens with two attached hydrogens (primary N) is 1. The van der Waals surface area contributed by atoms with Gasteiger partial charge in [-0.25, -0.2) is 9.97 Å². The largest absolute Gasteiger partial charge is 0.381 e. The number of nitrogens with one attached hydrogen (secondary N) is 1. The fourth-order valence-electron chi connectivity index (χ4n) is 1.76. The Labute approximate surface area is 108 Å². The summed E-state index contributed by atoms with van der Waals surface area (Å²) in [5, 5.41) is 3.34. The number of halogens is 1. The molecule has 88 valence electrons. The highest BCUT2D eigenvalue weighted by atomic mass is 127. The minimum Gasteiger partial charge on any atom is -0.381 e. The van der Waals surface area contributed by atoms with Crippen molar-refractivity contribution in [3.8, 4) is 0 Å². The van der Waals surface area contributed by atoms with E-state index in [1.54, 1.807) is 12.4 Å². The van der Waals surface area contributed by atoms with Crippen molar-refractivity contribution in [2.75, 3.05) is 25.1 Å². The Morgan fingerprint density at radius 2 is 2.00 bits per heavy atom. The molecule has 3 N–H and O–H groups in total. The Morgan fingerprint density at radius 1 is 1.38 bits per heavy atom. The molecule has 1 aliphatic rings.